The van der Waals surface area contributed by atoms with Crippen LogP contribution in [0.1, 0.15) is 86.5 Å². The molecule has 0 aliphatic carbocycles. The van der Waals surface area contributed by atoms with Crippen molar-refractivity contribution in [2.75, 3.05) is 18.6 Å². The molecule has 2 aromatic rings. The van der Waals surface area contributed by atoms with Gasteiger partial charge in [-0.05, 0) is 50.5 Å². The van der Waals surface area contributed by atoms with E-state index in [0.717, 1.165) is 25.1 Å². The Bertz CT molecular complexity index is 1430. The van der Waals surface area contributed by atoms with Gasteiger partial charge >= 0.3 is 11.9 Å². The smallest absolute Gasteiger partial charge is 0.343 e. The Morgan fingerprint density at radius 1 is 1.05 bits per heavy atom. The van der Waals surface area contributed by atoms with Crippen molar-refractivity contribution in [2.24, 2.45) is 0 Å². The van der Waals surface area contributed by atoms with E-state index in [0.29, 0.717) is 23.6 Å². The number of aromatic nitrogens is 1. The quantitative estimate of drug-likeness (QED) is 0.162. The molecule has 0 radical (unpaired) electrons. The summed E-state index contributed by atoms with van der Waals surface area (Å²) in [5.74, 6) is -1.85. The summed E-state index contributed by atoms with van der Waals surface area (Å²) in [6.45, 7) is 10.1. The van der Waals surface area contributed by atoms with Gasteiger partial charge in [-0.3, -0.25) is 9.59 Å². The molecular formula is C33H40N3O6+. The molecule has 2 aliphatic heterocycles. The zero-order chi connectivity index (χ0) is 30.4. The fraction of sp³-hybridized carbons (Fsp3) is 0.424. The molecular weight excluding hydrogens is 534 g/mol. The molecule has 1 fully saturated rings. The number of unbranched alkanes of at least 4 members (excludes halogenated alkanes) is 2. The lowest BCUT2D eigenvalue weighted by Gasteiger charge is -2.27. The van der Waals surface area contributed by atoms with Crippen molar-refractivity contribution in [3.63, 3.8) is 0 Å². The van der Waals surface area contributed by atoms with Gasteiger partial charge in [-0.15, -0.1) is 5.06 Å². The summed E-state index contributed by atoms with van der Waals surface area (Å²) in [5, 5.41) is 0.605. The van der Waals surface area contributed by atoms with Gasteiger partial charge in [-0.25, -0.2) is 9.59 Å². The lowest BCUT2D eigenvalue weighted by atomic mass is 9.83. The second-order valence-electron chi connectivity index (χ2n) is 11.2. The van der Waals surface area contributed by atoms with Gasteiger partial charge in [0.2, 0.25) is 5.69 Å². The number of aryl methyl sites for hydroxylation is 2. The minimum absolute atomic E-state index is 0.0879. The van der Waals surface area contributed by atoms with Crippen LogP contribution in [0.25, 0.3) is 6.08 Å². The van der Waals surface area contributed by atoms with Gasteiger partial charge < -0.3 is 14.5 Å². The lowest BCUT2D eigenvalue weighted by molar-refractivity contribution is -0.695. The summed E-state index contributed by atoms with van der Waals surface area (Å²) in [7, 11) is 1.38. The molecule has 0 saturated carbocycles. The molecule has 2 aliphatic rings. The molecule has 9 nitrogen and oxygen atoms in total. The molecule has 1 aromatic heterocycles. The van der Waals surface area contributed by atoms with E-state index in [1.807, 2.05) is 23.6 Å². The van der Waals surface area contributed by atoms with Crippen LogP contribution in [-0.4, -0.2) is 42.5 Å². The van der Waals surface area contributed by atoms with Crippen LogP contribution in [0.4, 0.5) is 5.69 Å². The minimum atomic E-state index is -0.559. The highest BCUT2D eigenvalue weighted by atomic mass is 16.7. The highest BCUT2D eigenvalue weighted by Gasteiger charge is 2.39. The number of benzene rings is 1. The van der Waals surface area contributed by atoms with Crippen LogP contribution >= 0.6 is 0 Å². The van der Waals surface area contributed by atoms with Crippen molar-refractivity contribution >= 4 is 35.5 Å². The van der Waals surface area contributed by atoms with Crippen molar-refractivity contribution in [1.82, 2.24) is 5.06 Å². The molecule has 0 bridgehead atoms. The number of imide groups is 1. The SMILES string of the molecule is CC[n+]1cc(C(=O)OC)ccc1C=CC=C1N(CCCCCC(=O)ON2C(=O)CCC2=O)c2ccc(C)cc2C1(C)C. The average molecular weight is 575 g/mol. The van der Waals surface area contributed by atoms with Gasteiger partial charge in [-0.2, -0.15) is 4.57 Å². The Morgan fingerprint density at radius 3 is 2.48 bits per heavy atom. The van der Waals surface area contributed by atoms with Crippen LogP contribution < -0.4 is 9.47 Å². The fourth-order valence-electron chi connectivity index (χ4n) is 5.51. The van der Waals surface area contributed by atoms with Crippen molar-refractivity contribution < 1.29 is 33.3 Å². The molecule has 0 spiro atoms. The van der Waals surface area contributed by atoms with E-state index in [9.17, 15) is 19.2 Å². The van der Waals surface area contributed by atoms with Crippen molar-refractivity contribution in [2.45, 2.75) is 78.2 Å². The monoisotopic (exact) mass is 574 g/mol. The van der Waals surface area contributed by atoms with Crippen LogP contribution in [0.15, 0.2) is 54.4 Å². The largest absolute Gasteiger partial charge is 0.465 e. The van der Waals surface area contributed by atoms with Crippen molar-refractivity contribution in [1.29, 1.82) is 0 Å². The number of nitrogens with zero attached hydrogens (tertiary/aromatic N) is 3. The van der Waals surface area contributed by atoms with E-state index in [1.165, 1.54) is 29.6 Å². The number of hydroxylamine groups is 2. The first kappa shape index (κ1) is 30.7. The van der Waals surface area contributed by atoms with Crippen LogP contribution in [0.2, 0.25) is 0 Å². The van der Waals surface area contributed by atoms with Crippen LogP contribution in [0, 0.1) is 6.92 Å². The summed E-state index contributed by atoms with van der Waals surface area (Å²) in [6, 6.07) is 10.2. The maximum Gasteiger partial charge on any atom is 0.343 e. The van der Waals surface area contributed by atoms with Crippen LogP contribution in [0.5, 0.6) is 0 Å². The zero-order valence-corrected chi connectivity index (χ0v) is 25.1. The number of carbonyl (C=O) groups is 4. The number of hydrogen-bond donors (Lipinski definition) is 0. The topological polar surface area (TPSA) is 97.1 Å². The summed E-state index contributed by atoms with van der Waals surface area (Å²) in [6.07, 6.45) is 10.6. The molecule has 3 heterocycles. The number of fused-ring (bicyclic) bond motifs is 1. The molecule has 1 aromatic carbocycles. The number of esters is 1. The van der Waals surface area contributed by atoms with E-state index in [2.05, 4.69) is 56.0 Å². The predicted octanol–water partition coefficient (Wildman–Crippen LogP) is 4.95. The third kappa shape index (κ3) is 6.61. The zero-order valence-electron chi connectivity index (χ0n) is 25.1. The molecule has 0 atom stereocenters. The van der Waals surface area contributed by atoms with Crippen LogP contribution in [0.3, 0.4) is 0 Å². The Balaban J connectivity index is 1.45. The summed E-state index contributed by atoms with van der Waals surface area (Å²) in [4.78, 5) is 54.8. The minimum Gasteiger partial charge on any atom is -0.465 e. The van der Waals surface area contributed by atoms with Gasteiger partial charge in [0.15, 0.2) is 6.20 Å². The third-order valence-corrected chi connectivity index (χ3v) is 7.85. The summed E-state index contributed by atoms with van der Waals surface area (Å²) >= 11 is 0. The summed E-state index contributed by atoms with van der Waals surface area (Å²) < 4.78 is 6.87. The molecule has 2 amide bonds. The van der Waals surface area contributed by atoms with E-state index >= 15 is 0 Å². The van der Waals surface area contributed by atoms with E-state index in [1.54, 1.807) is 12.3 Å². The van der Waals surface area contributed by atoms with Gasteiger partial charge in [-0.1, -0.05) is 44.0 Å². The molecule has 9 heteroatoms. The van der Waals surface area contributed by atoms with Crippen LogP contribution in [-0.2, 0) is 35.9 Å². The number of carbonyl (C=O) groups excluding carboxylic acids is 4. The number of pyridine rings is 1. The number of methoxy groups -OCH3 is 1. The summed E-state index contributed by atoms with van der Waals surface area (Å²) in [5.41, 5.74) is 6.12. The molecule has 42 heavy (non-hydrogen) atoms. The van der Waals surface area contributed by atoms with Gasteiger partial charge in [0.25, 0.3) is 11.8 Å². The Morgan fingerprint density at radius 2 is 1.79 bits per heavy atom. The van der Waals surface area contributed by atoms with E-state index in [-0.39, 0.29) is 30.6 Å². The van der Waals surface area contributed by atoms with Gasteiger partial charge in [0.1, 0.15) is 12.1 Å². The standard InChI is InChI=1S/C33H40N3O6/c1-6-34-22-24(32(40)41-5)15-16-25(34)11-10-12-28-33(3,4)26-21-23(2)14-17-27(26)35(28)20-9-7-8-13-31(39)42-36-29(37)18-19-30(36)38/h10-12,14-17,21-22H,6-9,13,18-20H2,1-5H3/q+1. The van der Waals surface area contributed by atoms with E-state index in [4.69, 9.17) is 9.57 Å². The highest BCUT2D eigenvalue weighted by Crippen LogP contribution is 2.48. The first-order chi connectivity index (χ1) is 20.1. The highest BCUT2D eigenvalue weighted by molar-refractivity contribution is 6.01. The number of anilines is 1. The third-order valence-electron chi connectivity index (χ3n) is 7.85. The first-order valence-corrected chi connectivity index (χ1v) is 14.5. The van der Waals surface area contributed by atoms with Crippen molar-refractivity contribution in [3.05, 3.63) is 76.8 Å². The average Bonchev–Trinajstić information content (AvgIpc) is 3.39. The normalized spacial score (nSPS) is 16.9. The Kier molecular flexibility index (Phi) is 9.60. The van der Waals surface area contributed by atoms with E-state index < -0.39 is 17.8 Å². The maximum atomic E-state index is 12.2. The van der Waals surface area contributed by atoms with Gasteiger partial charge in [0.05, 0.1) is 7.11 Å². The number of hydrogen-bond acceptors (Lipinski definition) is 7. The fourth-order valence-corrected chi connectivity index (χ4v) is 5.51. The second-order valence-corrected chi connectivity index (χ2v) is 11.2. The van der Waals surface area contributed by atoms with Crippen molar-refractivity contribution in [3.8, 4) is 0 Å². The maximum absolute atomic E-state index is 12.2. The first-order valence-electron chi connectivity index (χ1n) is 14.5. The molecule has 4 rings (SSSR count). The number of ether oxygens (including phenoxy) is 1. The predicted molar refractivity (Wildman–Crippen MR) is 158 cm³/mol. The number of rotatable bonds is 11. The molecule has 0 unspecified atom stereocenters. The Labute approximate surface area is 247 Å². The molecule has 222 valence electrons. The van der Waals surface area contributed by atoms with Gasteiger partial charge in [0, 0.05) is 54.7 Å². The Hall–Kier alpha value is -4.27. The number of amides is 2. The molecule has 0 N–H and O–H groups in total. The lowest BCUT2D eigenvalue weighted by Crippen LogP contribution is -2.36. The second kappa shape index (κ2) is 13.1. The molecule has 1 saturated heterocycles. The number of allylic oxidation sites excluding steroid dienone is 3.